The highest BCUT2D eigenvalue weighted by Crippen LogP contribution is 2.35. The first-order valence-corrected chi connectivity index (χ1v) is 4.88. The Morgan fingerprint density at radius 1 is 1.67 bits per heavy atom. The lowest BCUT2D eigenvalue weighted by molar-refractivity contribution is -0.183. The summed E-state index contributed by atoms with van der Waals surface area (Å²) < 4.78 is 0. The van der Waals surface area contributed by atoms with Crippen molar-refractivity contribution in [2.75, 3.05) is 7.05 Å². The highest BCUT2D eigenvalue weighted by molar-refractivity contribution is 5.99. The number of carbonyl (C=O) groups is 2. The summed E-state index contributed by atoms with van der Waals surface area (Å²) in [5.74, 6) is -2.30. The predicted octanol–water partition coefficient (Wildman–Crippen LogP) is -1.01. The first kappa shape index (κ1) is 10.4. The third-order valence-electron chi connectivity index (χ3n) is 2.87. The van der Waals surface area contributed by atoms with Crippen LogP contribution in [-0.2, 0) is 14.4 Å². The van der Waals surface area contributed by atoms with E-state index in [1.54, 1.807) is 0 Å². The van der Waals surface area contributed by atoms with E-state index in [-0.39, 0.29) is 5.54 Å². The first-order chi connectivity index (χ1) is 6.93. The fourth-order valence-corrected chi connectivity index (χ4v) is 1.51. The minimum absolute atomic E-state index is 0.196. The van der Waals surface area contributed by atoms with Crippen LogP contribution in [0, 0.1) is 5.92 Å². The molecule has 0 radical (unpaired) electrons. The van der Waals surface area contributed by atoms with E-state index >= 15 is 0 Å². The molecule has 0 aromatic heterocycles. The number of nitrogens with one attached hydrogen (secondary N) is 1. The van der Waals surface area contributed by atoms with Gasteiger partial charge in [0.2, 0.25) is 5.91 Å². The molecule has 1 amide bonds. The van der Waals surface area contributed by atoms with Crippen molar-refractivity contribution in [3.05, 3.63) is 0 Å². The minimum atomic E-state index is -1.19. The van der Waals surface area contributed by atoms with Gasteiger partial charge in [-0.15, -0.1) is 5.06 Å². The van der Waals surface area contributed by atoms with Crippen LogP contribution in [0.5, 0.6) is 0 Å². The van der Waals surface area contributed by atoms with Crippen molar-refractivity contribution in [2.24, 2.45) is 5.92 Å². The maximum absolute atomic E-state index is 11.7. The van der Waals surface area contributed by atoms with Gasteiger partial charge in [0, 0.05) is 12.6 Å². The molecule has 0 bridgehead atoms. The van der Waals surface area contributed by atoms with Gasteiger partial charge in [-0.05, 0) is 19.8 Å². The number of hydrogen-bond donors (Lipinski definition) is 2. The largest absolute Gasteiger partial charge is 0.374 e. The molecule has 2 atom stereocenters. The maximum Gasteiger partial charge on any atom is 0.341 e. The fraction of sp³-hybridized carbons (Fsp3) is 0.778. The summed E-state index contributed by atoms with van der Waals surface area (Å²) in [6.45, 7) is 1.90. The number of amides is 1. The van der Waals surface area contributed by atoms with Crippen molar-refractivity contribution in [3.63, 3.8) is 0 Å². The number of carbonyl (C=O) groups excluding carboxylic acids is 2. The van der Waals surface area contributed by atoms with E-state index in [1.165, 1.54) is 7.05 Å². The minimum Gasteiger partial charge on any atom is -0.374 e. The summed E-state index contributed by atoms with van der Waals surface area (Å²) in [5.41, 5.74) is -0.196. The monoisotopic (exact) mass is 214 g/mol. The Morgan fingerprint density at radius 3 is 2.67 bits per heavy atom. The third kappa shape index (κ3) is 1.82. The van der Waals surface area contributed by atoms with Crippen molar-refractivity contribution in [3.8, 4) is 0 Å². The smallest absolute Gasteiger partial charge is 0.341 e. The van der Waals surface area contributed by atoms with Crippen LogP contribution in [0.15, 0.2) is 0 Å². The number of aliphatic hydroxyl groups excluding tert-OH is 1. The molecule has 0 spiro atoms. The molecule has 6 heteroatoms. The topological polar surface area (TPSA) is 78.9 Å². The second kappa shape index (κ2) is 3.18. The Morgan fingerprint density at radius 2 is 2.27 bits per heavy atom. The molecular formula is C9H14N2O4. The second-order valence-electron chi connectivity index (χ2n) is 4.40. The molecule has 1 saturated carbocycles. The molecule has 0 aromatic rings. The summed E-state index contributed by atoms with van der Waals surface area (Å²) in [6.07, 6.45) is 0.624. The summed E-state index contributed by atoms with van der Waals surface area (Å²) in [7, 11) is 1.41. The molecule has 2 unspecified atom stereocenters. The van der Waals surface area contributed by atoms with Gasteiger partial charge in [-0.2, -0.15) is 0 Å². The van der Waals surface area contributed by atoms with Gasteiger partial charge in [0.25, 0.3) is 0 Å². The van der Waals surface area contributed by atoms with Gasteiger partial charge in [-0.3, -0.25) is 4.79 Å². The molecule has 2 rings (SSSR count). The molecule has 1 aliphatic carbocycles. The van der Waals surface area contributed by atoms with Crippen molar-refractivity contribution < 1.29 is 19.5 Å². The second-order valence-corrected chi connectivity index (χ2v) is 4.40. The van der Waals surface area contributed by atoms with Crippen LogP contribution in [-0.4, -0.2) is 40.9 Å². The van der Waals surface area contributed by atoms with Crippen LogP contribution in [0.2, 0.25) is 0 Å². The SMILES string of the molecule is CN1OC(=O)C(C(=O)NC2(C)CC2)C1O. The van der Waals surface area contributed by atoms with Gasteiger partial charge in [0.1, 0.15) is 0 Å². The average Bonchev–Trinajstić information content (AvgIpc) is 2.76. The molecule has 6 nitrogen and oxygen atoms in total. The summed E-state index contributed by atoms with van der Waals surface area (Å²) in [4.78, 5) is 27.6. The molecule has 1 heterocycles. The standard InChI is InChI=1S/C9H14N2O4/c1-9(3-4-9)10-6(12)5-7(13)11(2)15-8(5)14/h5,7,13H,3-4H2,1-2H3,(H,10,12). The number of rotatable bonds is 2. The lowest BCUT2D eigenvalue weighted by atomic mass is 10.1. The van der Waals surface area contributed by atoms with Crippen molar-refractivity contribution in [2.45, 2.75) is 31.5 Å². The van der Waals surface area contributed by atoms with Crippen molar-refractivity contribution in [1.82, 2.24) is 10.4 Å². The van der Waals surface area contributed by atoms with E-state index in [1.807, 2.05) is 6.92 Å². The normalized spacial score (nSPS) is 33.7. The van der Waals surface area contributed by atoms with E-state index in [0.29, 0.717) is 0 Å². The zero-order valence-electron chi connectivity index (χ0n) is 8.69. The third-order valence-corrected chi connectivity index (χ3v) is 2.87. The molecule has 2 fully saturated rings. The van der Waals surface area contributed by atoms with E-state index in [4.69, 9.17) is 0 Å². The maximum atomic E-state index is 11.7. The van der Waals surface area contributed by atoms with Gasteiger partial charge < -0.3 is 15.3 Å². The summed E-state index contributed by atoms with van der Waals surface area (Å²) in [6, 6.07) is 0. The van der Waals surface area contributed by atoms with Crippen LogP contribution in [0.1, 0.15) is 19.8 Å². The van der Waals surface area contributed by atoms with Crippen LogP contribution in [0.25, 0.3) is 0 Å². The number of hydroxylamine groups is 2. The quantitative estimate of drug-likeness (QED) is 0.576. The zero-order chi connectivity index (χ0) is 11.2. The zero-order valence-corrected chi connectivity index (χ0v) is 8.69. The highest BCUT2D eigenvalue weighted by atomic mass is 16.7. The van der Waals surface area contributed by atoms with Crippen LogP contribution >= 0.6 is 0 Å². The first-order valence-electron chi connectivity index (χ1n) is 4.88. The Kier molecular flexibility index (Phi) is 2.20. The lowest BCUT2D eigenvalue weighted by Crippen LogP contribution is -2.45. The Hall–Kier alpha value is -1.14. The molecule has 84 valence electrons. The number of nitrogens with zero attached hydrogens (tertiary/aromatic N) is 1. The highest BCUT2D eigenvalue weighted by Gasteiger charge is 2.49. The van der Waals surface area contributed by atoms with Gasteiger partial charge in [-0.25, -0.2) is 4.79 Å². The van der Waals surface area contributed by atoms with Crippen LogP contribution < -0.4 is 5.32 Å². The van der Waals surface area contributed by atoms with Gasteiger partial charge >= 0.3 is 5.97 Å². The van der Waals surface area contributed by atoms with E-state index < -0.39 is 24.0 Å². The molecule has 2 aliphatic rings. The number of aliphatic hydroxyl groups is 1. The van der Waals surface area contributed by atoms with Gasteiger partial charge in [0.15, 0.2) is 12.1 Å². The van der Waals surface area contributed by atoms with Crippen molar-refractivity contribution >= 4 is 11.9 Å². The predicted molar refractivity (Wildman–Crippen MR) is 49.1 cm³/mol. The van der Waals surface area contributed by atoms with Crippen LogP contribution in [0.3, 0.4) is 0 Å². The Bertz CT molecular complexity index is 313. The average molecular weight is 214 g/mol. The lowest BCUT2D eigenvalue weighted by Gasteiger charge is -2.16. The molecule has 0 aromatic carbocycles. The number of hydrogen-bond acceptors (Lipinski definition) is 5. The molecular weight excluding hydrogens is 200 g/mol. The molecule has 2 N–H and O–H groups in total. The summed E-state index contributed by atoms with van der Waals surface area (Å²) >= 11 is 0. The van der Waals surface area contributed by atoms with Crippen LogP contribution in [0.4, 0.5) is 0 Å². The summed E-state index contributed by atoms with van der Waals surface area (Å²) in [5, 5.41) is 13.2. The Balaban J connectivity index is 2.03. The van der Waals surface area contributed by atoms with Crippen molar-refractivity contribution in [1.29, 1.82) is 0 Å². The van der Waals surface area contributed by atoms with Gasteiger partial charge in [-0.1, -0.05) is 0 Å². The molecule has 1 aliphatic heterocycles. The van der Waals surface area contributed by atoms with E-state index in [2.05, 4.69) is 10.2 Å². The molecule has 15 heavy (non-hydrogen) atoms. The molecule has 1 saturated heterocycles. The van der Waals surface area contributed by atoms with E-state index in [9.17, 15) is 14.7 Å². The Labute approximate surface area is 87.1 Å². The van der Waals surface area contributed by atoms with E-state index in [0.717, 1.165) is 17.9 Å². The fourth-order valence-electron chi connectivity index (χ4n) is 1.51. The van der Waals surface area contributed by atoms with Gasteiger partial charge in [0.05, 0.1) is 0 Å².